The van der Waals surface area contributed by atoms with E-state index in [1.165, 1.54) is 7.11 Å². The van der Waals surface area contributed by atoms with Gasteiger partial charge in [0.1, 0.15) is 17.3 Å². The maximum absolute atomic E-state index is 12.6. The van der Waals surface area contributed by atoms with Crippen LogP contribution in [-0.2, 0) is 11.3 Å². The highest BCUT2D eigenvalue weighted by Crippen LogP contribution is 2.39. The molecule has 1 saturated heterocycles. The topological polar surface area (TPSA) is 93.8 Å². The Morgan fingerprint density at radius 2 is 2.00 bits per heavy atom. The number of nitrogens with zero attached hydrogens (tertiary/aromatic N) is 2. The Labute approximate surface area is 179 Å². The smallest absolute Gasteiger partial charge is 0.337 e. The number of fused-ring (bicyclic) bond motifs is 1. The van der Waals surface area contributed by atoms with Crippen molar-refractivity contribution in [1.29, 1.82) is 0 Å². The minimum atomic E-state index is -0.463. The molecular weight excluding hydrogens is 398 g/mol. The lowest BCUT2D eigenvalue weighted by molar-refractivity contribution is 0.0601. The summed E-state index contributed by atoms with van der Waals surface area (Å²) in [6.45, 7) is 1.34. The van der Waals surface area contributed by atoms with Gasteiger partial charge in [0.2, 0.25) is 0 Å². The number of rotatable bonds is 6. The Morgan fingerprint density at radius 1 is 1.16 bits per heavy atom. The molecular formula is C23H25N3O5. The predicted octanol–water partition coefficient (Wildman–Crippen LogP) is 3.06. The summed E-state index contributed by atoms with van der Waals surface area (Å²) in [5.41, 5.74) is 1.65. The quantitative estimate of drug-likeness (QED) is 0.609. The first-order chi connectivity index (χ1) is 15.0. The fourth-order valence-corrected chi connectivity index (χ4v) is 4.17. The van der Waals surface area contributed by atoms with Gasteiger partial charge in [-0.2, -0.15) is 0 Å². The molecule has 1 fully saturated rings. The van der Waals surface area contributed by atoms with Gasteiger partial charge < -0.3 is 19.2 Å². The molecule has 0 aliphatic carbocycles. The van der Waals surface area contributed by atoms with Crippen LogP contribution in [0.3, 0.4) is 0 Å². The van der Waals surface area contributed by atoms with Crippen LogP contribution in [0.1, 0.15) is 40.6 Å². The SMILES string of the molecule is COC(=O)c1ccc2c(=O)[nH]c(CN3CCCC3c3cc(OC)ccc3OC)nc2c1. The van der Waals surface area contributed by atoms with Crippen LogP contribution in [-0.4, -0.2) is 48.7 Å². The summed E-state index contributed by atoms with van der Waals surface area (Å²) >= 11 is 0. The van der Waals surface area contributed by atoms with E-state index in [1.54, 1.807) is 32.4 Å². The van der Waals surface area contributed by atoms with Gasteiger partial charge >= 0.3 is 5.97 Å². The molecule has 1 atom stereocenters. The number of hydrogen-bond donors (Lipinski definition) is 1. The first-order valence-corrected chi connectivity index (χ1v) is 10.1. The largest absolute Gasteiger partial charge is 0.497 e. The van der Waals surface area contributed by atoms with E-state index >= 15 is 0 Å². The fourth-order valence-electron chi connectivity index (χ4n) is 4.17. The van der Waals surface area contributed by atoms with Gasteiger partial charge in [-0.25, -0.2) is 9.78 Å². The lowest BCUT2D eigenvalue weighted by Crippen LogP contribution is -2.26. The van der Waals surface area contributed by atoms with Crippen LogP contribution in [0.25, 0.3) is 10.9 Å². The molecule has 8 heteroatoms. The minimum Gasteiger partial charge on any atom is -0.497 e. The Hall–Kier alpha value is -3.39. The number of hydrogen-bond acceptors (Lipinski definition) is 7. The van der Waals surface area contributed by atoms with Crippen LogP contribution in [0.2, 0.25) is 0 Å². The molecule has 0 bridgehead atoms. The molecule has 4 rings (SSSR count). The standard InChI is InChI=1S/C23H25N3O5/c1-29-15-7-9-20(30-2)17(12-15)19-5-4-10-26(19)13-21-24-18-11-14(23(28)31-3)6-8-16(18)22(27)25-21/h6-9,11-12,19H,4-5,10,13H2,1-3H3,(H,24,25,27). The number of ether oxygens (including phenoxy) is 3. The Bertz CT molecular complexity index is 1170. The van der Waals surface area contributed by atoms with Crippen molar-refractivity contribution in [2.45, 2.75) is 25.4 Å². The van der Waals surface area contributed by atoms with E-state index in [4.69, 9.17) is 14.2 Å². The van der Waals surface area contributed by atoms with Crippen LogP contribution in [0.15, 0.2) is 41.2 Å². The number of aromatic nitrogens is 2. The van der Waals surface area contributed by atoms with Gasteiger partial charge in [-0.3, -0.25) is 9.69 Å². The third-order valence-corrected chi connectivity index (χ3v) is 5.69. The van der Waals surface area contributed by atoms with E-state index in [0.29, 0.717) is 28.8 Å². The second kappa shape index (κ2) is 8.77. The molecule has 1 unspecified atom stereocenters. The van der Waals surface area contributed by atoms with Crippen molar-refractivity contribution >= 4 is 16.9 Å². The Kier molecular flexibility index (Phi) is 5.90. The monoisotopic (exact) mass is 423 g/mol. The zero-order valence-electron chi connectivity index (χ0n) is 17.8. The third-order valence-electron chi connectivity index (χ3n) is 5.69. The lowest BCUT2D eigenvalue weighted by Gasteiger charge is -2.26. The minimum absolute atomic E-state index is 0.118. The second-order valence-electron chi connectivity index (χ2n) is 7.47. The summed E-state index contributed by atoms with van der Waals surface area (Å²) in [6, 6.07) is 10.7. The highest BCUT2D eigenvalue weighted by molar-refractivity contribution is 5.93. The average Bonchev–Trinajstić information content (AvgIpc) is 3.25. The highest BCUT2D eigenvalue weighted by atomic mass is 16.5. The van der Waals surface area contributed by atoms with Crippen LogP contribution in [0.4, 0.5) is 0 Å². The molecule has 2 aromatic carbocycles. The normalized spacial score (nSPS) is 16.4. The predicted molar refractivity (Wildman–Crippen MR) is 116 cm³/mol. The van der Waals surface area contributed by atoms with E-state index in [-0.39, 0.29) is 11.6 Å². The zero-order valence-corrected chi connectivity index (χ0v) is 17.8. The van der Waals surface area contributed by atoms with Gasteiger partial charge in [0.15, 0.2) is 0 Å². The maximum Gasteiger partial charge on any atom is 0.337 e. The van der Waals surface area contributed by atoms with E-state index < -0.39 is 5.97 Å². The number of nitrogens with one attached hydrogen (secondary N) is 1. The molecule has 8 nitrogen and oxygen atoms in total. The van der Waals surface area contributed by atoms with Crippen molar-refractivity contribution in [3.63, 3.8) is 0 Å². The Morgan fingerprint density at radius 3 is 2.74 bits per heavy atom. The van der Waals surface area contributed by atoms with Gasteiger partial charge in [0.05, 0.1) is 44.3 Å². The number of H-pyrrole nitrogens is 1. The molecule has 1 aromatic heterocycles. The third kappa shape index (κ3) is 4.11. The van der Waals surface area contributed by atoms with Crippen molar-refractivity contribution in [3.05, 3.63) is 63.7 Å². The number of carbonyl (C=O) groups is 1. The van der Waals surface area contributed by atoms with Crippen molar-refractivity contribution in [3.8, 4) is 11.5 Å². The Balaban J connectivity index is 1.67. The number of benzene rings is 2. The van der Waals surface area contributed by atoms with Gasteiger partial charge in [-0.1, -0.05) is 0 Å². The van der Waals surface area contributed by atoms with Gasteiger partial charge in [0.25, 0.3) is 5.56 Å². The molecule has 1 aliphatic rings. The van der Waals surface area contributed by atoms with E-state index in [9.17, 15) is 9.59 Å². The van der Waals surface area contributed by atoms with Crippen LogP contribution >= 0.6 is 0 Å². The molecule has 3 aromatic rings. The zero-order chi connectivity index (χ0) is 22.0. The van der Waals surface area contributed by atoms with E-state index in [2.05, 4.69) is 14.9 Å². The first-order valence-electron chi connectivity index (χ1n) is 10.1. The molecule has 162 valence electrons. The van der Waals surface area contributed by atoms with Crippen molar-refractivity contribution in [1.82, 2.24) is 14.9 Å². The van der Waals surface area contributed by atoms with Gasteiger partial charge in [-0.15, -0.1) is 0 Å². The molecule has 0 spiro atoms. The number of esters is 1. The van der Waals surface area contributed by atoms with Crippen LogP contribution in [0, 0.1) is 0 Å². The summed E-state index contributed by atoms with van der Waals surface area (Å²) in [5.74, 6) is 1.67. The second-order valence-corrected chi connectivity index (χ2v) is 7.47. The maximum atomic E-state index is 12.6. The van der Waals surface area contributed by atoms with Crippen molar-refractivity contribution < 1.29 is 19.0 Å². The van der Waals surface area contributed by atoms with Gasteiger partial charge in [0, 0.05) is 11.6 Å². The number of likely N-dealkylation sites (tertiary alicyclic amines) is 1. The number of aromatic amines is 1. The first kappa shape index (κ1) is 20.9. The van der Waals surface area contributed by atoms with Crippen molar-refractivity contribution in [2.24, 2.45) is 0 Å². The molecule has 1 N–H and O–H groups in total. The average molecular weight is 423 g/mol. The lowest BCUT2D eigenvalue weighted by atomic mass is 10.0. The molecule has 2 heterocycles. The summed E-state index contributed by atoms with van der Waals surface area (Å²) in [4.78, 5) is 34.2. The number of methoxy groups -OCH3 is 3. The van der Waals surface area contributed by atoms with E-state index in [0.717, 1.165) is 36.4 Å². The summed E-state index contributed by atoms with van der Waals surface area (Å²) in [6.07, 6.45) is 1.99. The fraction of sp³-hybridized carbons (Fsp3) is 0.348. The van der Waals surface area contributed by atoms with Crippen LogP contribution < -0.4 is 15.0 Å². The van der Waals surface area contributed by atoms with Crippen LogP contribution in [0.5, 0.6) is 11.5 Å². The van der Waals surface area contributed by atoms with Crippen molar-refractivity contribution in [2.75, 3.05) is 27.9 Å². The molecule has 0 amide bonds. The number of carbonyl (C=O) groups excluding carboxylic acids is 1. The molecule has 0 radical (unpaired) electrons. The highest BCUT2D eigenvalue weighted by Gasteiger charge is 2.29. The van der Waals surface area contributed by atoms with E-state index in [1.807, 2.05) is 18.2 Å². The van der Waals surface area contributed by atoms with Gasteiger partial charge in [-0.05, 0) is 55.8 Å². The molecule has 1 aliphatic heterocycles. The summed E-state index contributed by atoms with van der Waals surface area (Å²) < 4.78 is 15.8. The molecule has 0 saturated carbocycles. The molecule has 31 heavy (non-hydrogen) atoms. The summed E-state index contributed by atoms with van der Waals surface area (Å²) in [5, 5.41) is 0.434. The summed E-state index contributed by atoms with van der Waals surface area (Å²) in [7, 11) is 4.62.